The van der Waals surface area contributed by atoms with Crippen LogP contribution < -0.4 is 9.46 Å². The first-order valence-electron chi connectivity index (χ1n) is 6.40. The molecule has 0 fully saturated rings. The number of nitrogens with zero attached hydrogens (tertiary/aromatic N) is 1. The van der Waals surface area contributed by atoms with E-state index in [2.05, 4.69) is 30.6 Å². The summed E-state index contributed by atoms with van der Waals surface area (Å²) in [5.41, 5.74) is 0.633. The fraction of sp³-hybridized carbons (Fsp3) is 0.0714. The highest BCUT2D eigenvalue weighted by Crippen LogP contribution is 2.30. The first-order chi connectivity index (χ1) is 10.9. The number of halogens is 2. The molecular weight excluding hydrogens is 406 g/mol. The Morgan fingerprint density at radius 2 is 2.13 bits per heavy atom. The molecular formula is C14H11BrClN3O3S. The molecule has 0 aliphatic carbocycles. The molecule has 0 unspecified atom stereocenters. The Morgan fingerprint density at radius 1 is 1.35 bits per heavy atom. The molecule has 0 radical (unpaired) electrons. The van der Waals surface area contributed by atoms with Crippen molar-refractivity contribution in [3.8, 4) is 5.75 Å². The van der Waals surface area contributed by atoms with Gasteiger partial charge in [0.05, 0.1) is 7.11 Å². The van der Waals surface area contributed by atoms with Crippen LogP contribution in [-0.2, 0) is 10.0 Å². The number of methoxy groups -OCH3 is 1. The molecule has 1 aromatic carbocycles. The number of aromatic amines is 1. The Hall–Kier alpha value is -1.77. The third-order valence-corrected chi connectivity index (χ3v) is 5.21. The van der Waals surface area contributed by atoms with Crippen molar-refractivity contribution in [2.75, 3.05) is 11.8 Å². The summed E-state index contributed by atoms with van der Waals surface area (Å²) in [7, 11) is -2.40. The molecule has 6 nitrogen and oxygen atoms in total. The van der Waals surface area contributed by atoms with Gasteiger partial charge in [-0.1, -0.05) is 11.6 Å². The lowest BCUT2D eigenvalue weighted by atomic mass is 10.2. The summed E-state index contributed by atoms with van der Waals surface area (Å²) in [5.74, 6) is 0.421. The summed E-state index contributed by atoms with van der Waals surface area (Å²) >= 11 is 9.17. The molecule has 3 aromatic rings. The molecule has 3 rings (SSSR count). The first kappa shape index (κ1) is 16.1. The minimum Gasteiger partial charge on any atom is -0.493 e. The van der Waals surface area contributed by atoms with Gasteiger partial charge >= 0.3 is 0 Å². The third kappa shape index (κ3) is 3.15. The zero-order valence-electron chi connectivity index (χ0n) is 11.8. The molecule has 0 bridgehead atoms. The van der Waals surface area contributed by atoms with E-state index in [1.165, 1.54) is 19.5 Å². The number of hydrogen-bond acceptors (Lipinski definition) is 4. The molecule has 23 heavy (non-hydrogen) atoms. The zero-order chi connectivity index (χ0) is 16.6. The number of hydrogen-bond donors (Lipinski definition) is 2. The van der Waals surface area contributed by atoms with Crippen molar-refractivity contribution < 1.29 is 13.2 Å². The number of fused-ring (bicyclic) bond motifs is 1. The van der Waals surface area contributed by atoms with Crippen LogP contribution in [0.15, 0.2) is 46.0 Å². The highest BCUT2D eigenvalue weighted by molar-refractivity contribution is 9.10. The molecule has 9 heteroatoms. The van der Waals surface area contributed by atoms with Gasteiger partial charge in [-0.3, -0.25) is 4.72 Å². The lowest BCUT2D eigenvalue weighted by Gasteiger charge is -2.10. The van der Waals surface area contributed by atoms with Crippen molar-refractivity contribution in [2.45, 2.75) is 4.90 Å². The summed E-state index contributed by atoms with van der Waals surface area (Å²) < 4.78 is 33.6. The summed E-state index contributed by atoms with van der Waals surface area (Å²) in [6.07, 6.45) is 2.89. The second kappa shape index (κ2) is 6.03. The van der Waals surface area contributed by atoms with E-state index in [1.807, 2.05) is 0 Å². The van der Waals surface area contributed by atoms with E-state index in [4.69, 9.17) is 16.3 Å². The highest BCUT2D eigenvalue weighted by Gasteiger charge is 2.21. The fourth-order valence-electron chi connectivity index (χ4n) is 2.13. The molecule has 0 amide bonds. The molecule has 0 saturated carbocycles. The van der Waals surface area contributed by atoms with Gasteiger partial charge in [0, 0.05) is 32.8 Å². The summed E-state index contributed by atoms with van der Waals surface area (Å²) in [4.78, 5) is 7.05. The molecule has 0 aliphatic rings. The number of pyridine rings is 1. The summed E-state index contributed by atoms with van der Waals surface area (Å²) in [5, 5.41) is 1.06. The molecule has 2 N–H and O–H groups in total. The minimum atomic E-state index is -3.84. The SMILES string of the molecule is COc1cc(Br)cnc1NS(=O)(=O)c1c[nH]c2cc(Cl)ccc12. The predicted molar refractivity (Wildman–Crippen MR) is 92.6 cm³/mol. The van der Waals surface area contributed by atoms with Crippen LogP contribution in [0.25, 0.3) is 10.9 Å². The van der Waals surface area contributed by atoms with Crippen molar-refractivity contribution in [1.82, 2.24) is 9.97 Å². The number of aromatic nitrogens is 2. The van der Waals surface area contributed by atoms with Gasteiger partial charge in [-0.05, 0) is 40.2 Å². The molecule has 0 atom stereocenters. The summed E-state index contributed by atoms with van der Waals surface area (Å²) in [6, 6.07) is 6.57. The van der Waals surface area contributed by atoms with Gasteiger partial charge in [0.15, 0.2) is 11.6 Å². The van der Waals surface area contributed by atoms with Gasteiger partial charge in [-0.2, -0.15) is 0 Å². The van der Waals surface area contributed by atoms with Crippen LogP contribution in [0.1, 0.15) is 0 Å². The fourth-order valence-corrected chi connectivity index (χ4v) is 3.81. The average molecular weight is 417 g/mol. The Balaban J connectivity index is 2.04. The van der Waals surface area contributed by atoms with Gasteiger partial charge < -0.3 is 9.72 Å². The van der Waals surface area contributed by atoms with Crippen LogP contribution in [0.5, 0.6) is 5.75 Å². The number of nitrogens with one attached hydrogen (secondary N) is 2. The number of rotatable bonds is 4. The Kier molecular flexibility index (Phi) is 4.22. The quantitative estimate of drug-likeness (QED) is 0.678. The maximum absolute atomic E-state index is 12.6. The van der Waals surface area contributed by atoms with Crippen LogP contribution >= 0.6 is 27.5 Å². The number of anilines is 1. The average Bonchev–Trinajstić information content (AvgIpc) is 2.92. The predicted octanol–water partition coefficient (Wildman–Crippen LogP) is 3.79. The van der Waals surface area contributed by atoms with Crippen LogP contribution in [-0.4, -0.2) is 25.5 Å². The molecule has 2 heterocycles. The number of sulfonamides is 1. The van der Waals surface area contributed by atoms with Crippen molar-refractivity contribution in [2.24, 2.45) is 0 Å². The van der Waals surface area contributed by atoms with Crippen molar-refractivity contribution >= 4 is 54.3 Å². The molecule has 2 aromatic heterocycles. The maximum Gasteiger partial charge on any atom is 0.265 e. The lowest BCUT2D eigenvalue weighted by Crippen LogP contribution is -2.14. The van der Waals surface area contributed by atoms with Gasteiger partial charge in [0.1, 0.15) is 4.90 Å². The van der Waals surface area contributed by atoms with Crippen LogP contribution in [0.3, 0.4) is 0 Å². The minimum absolute atomic E-state index is 0.107. The first-order valence-corrected chi connectivity index (χ1v) is 9.05. The second-order valence-electron chi connectivity index (χ2n) is 4.65. The van der Waals surface area contributed by atoms with E-state index in [0.717, 1.165) is 0 Å². The van der Waals surface area contributed by atoms with Crippen LogP contribution in [0, 0.1) is 0 Å². The van der Waals surface area contributed by atoms with Crippen molar-refractivity contribution in [1.29, 1.82) is 0 Å². The second-order valence-corrected chi connectivity index (χ2v) is 7.66. The maximum atomic E-state index is 12.6. The van der Waals surface area contributed by atoms with Gasteiger partial charge in [-0.15, -0.1) is 0 Å². The smallest absolute Gasteiger partial charge is 0.265 e. The number of H-pyrrole nitrogens is 1. The van der Waals surface area contributed by atoms with E-state index in [0.29, 0.717) is 26.1 Å². The van der Waals surface area contributed by atoms with Crippen molar-refractivity contribution in [3.63, 3.8) is 0 Å². The molecule has 0 aliphatic heterocycles. The van der Waals surface area contributed by atoms with Gasteiger partial charge in [-0.25, -0.2) is 13.4 Å². The van der Waals surface area contributed by atoms with Gasteiger partial charge in [0.25, 0.3) is 10.0 Å². The van der Waals surface area contributed by atoms with Crippen molar-refractivity contribution in [3.05, 3.63) is 46.2 Å². The number of benzene rings is 1. The Bertz CT molecular complexity index is 988. The summed E-state index contributed by atoms with van der Waals surface area (Å²) in [6.45, 7) is 0. The normalized spacial score (nSPS) is 11.6. The Morgan fingerprint density at radius 3 is 2.87 bits per heavy atom. The number of ether oxygens (including phenoxy) is 1. The molecule has 120 valence electrons. The van der Waals surface area contributed by atoms with Crippen LogP contribution in [0.4, 0.5) is 5.82 Å². The van der Waals surface area contributed by atoms with E-state index >= 15 is 0 Å². The standard InChI is InChI=1S/C14H11BrClN3O3S/c1-22-12-4-8(15)6-18-14(12)19-23(20,21)13-7-17-11-5-9(16)2-3-10(11)13/h2-7,17H,1H3,(H,18,19). The third-order valence-electron chi connectivity index (χ3n) is 3.17. The topological polar surface area (TPSA) is 84.1 Å². The molecule has 0 spiro atoms. The molecule has 0 saturated heterocycles. The monoisotopic (exact) mass is 415 g/mol. The van der Waals surface area contributed by atoms with E-state index in [9.17, 15) is 8.42 Å². The van der Waals surface area contributed by atoms with E-state index < -0.39 is 10.0 Å². The zero-order valence-corrected chi connectivity index (χ0v) is 15.0. The highest BCUT2D eigenvalue weighted by atomic mass is 79.9. The lowest BCUT2D eigenvalue weighted by molar-refractivity contribution is 0.415. The Labute approximate surface area is 146 Å². The largest absolute Gasteiger partial charge is 0.493 e. The van der Waals surface area contributed by atoms with E-state index in [1.54, 1.807) is 24.3 Å². The van der Waals surface area contributed by atoms with Crippen LogP contribution in [0.2, 0.25) is 5.02 Å². The van der Waals surface area contributed by atoms with Gasteiger partial charge in [0.2, 0.25) is 0 Å². The van der Waals surface area contributed by atoms with E-state index in [-0.39, 0.29) is 10.7 Å².